The fourth-order valence-electron chi connectivity index (χ4n) is 3.62. The summed E-state index contributed by atoms with van der Waals surface area (Å²) in [5.41, 5.74) is -0.629. The highest BCUT2D eigenvalue weighted by atomic mass is 32.1. The number of nitrogens with one attached hydrogen (secondary N) is 2. The zero-order chi connectivity index (χ0) is 20.3. The molecule has 28 heavy (non-hydrogen) atoms. The highest BCUT2D eigenvalue weighted by Gasteiger charge is 2.55. The highest BCUT2D eigenvalue weighted by molar-refractivity contribution is 7.14. The summed E-state index contributed by atoms with van der Waals surface area (Å²) in [7, 11) is 0. The van der Waals surface area contributed by atoms with Crippen LogP contribution in [0.3, 0.4) is 0 Å². The molecule has 0 unspecified atom stereocenters. The first-order valence-electron chi connectivity index (χ1n) is 8.94. The average Bonchev–Trinajstić information content (AvgIpc) is 3.21. The van der Waals surface area contributed by atoms with Gasteiger partial charge < -0.3 is 15.4 Å². The number of thiophene rings is 1. The smallest absolute Gasteiger partial charge is 0.326 e. The van der Waals surface area contributed by atoms with Gasteiger partial charge in [0.15, 0.2) is 6.61 Å². The van der Waals surface area contributed by atoms with Crippen molar-refractivity contribution in [1.82, 2.24) is 10.2 Å². The molecule has 0 radical (unpaired) electrons. The number of urea groups is 1. The molecule has 1 aromatic heterocycles. The van der Waals surface area contributed by atoms with Gasteiger partial charge in [-0.15, -0.1) is 11.3 Å². The van der Waals surface area contributed by atoms with Gasteiger partial charge in [-0.1, -0.05) is 19.8 Å². The van der Waals surface area contributed by atoms with Crippen molar-refractivity contribution in [3.63, 3.8) is 0 Å². The molecule has 2 heterocycles. The second-order valence-corrected chi connectivity index (χ2v) is 7.84. The lowest BCUT2D eigenvalue weighted by Gasteiger charge is -2.36. The molecule has 9 nitrogen and oxygen atoms in total. The quantitative estimate of drug-likeness (QED) is 0.567. The Labute approximate surface area is 165 Å². The largest absolute Gasteiger partial charge is 0.454 e. The van der Waals surface area contributed by atoms with Gasteiger partial charge in [0.05, 0.1) is 5.56 Å². The van der Waals surface area contributed by atoms with Crippen LogP contribution in [0.2, 0.25) is 0 Å². The number of amides is 4. The fourth-order valence-corrected chi connectivity index (χ4v) is 4.37. The van der Waals surface area contributed by atoms with Gasteiger partial charge in [0.2, 0.25) is 0 Å². The third-order valence-electron chi connectivity index (χ3n) is 5.19. The van der Waals surface area contributed by atoms with Gasteiger partial charge in [-0.05, 0) is 30.2 Å². The minimum atomic E-state index is -0.945. The molecule has 2 fully saturated rings. The van der Waals surface area contributed by atoms with E-state index in [0.717, 1.165) is 24.2 Å². The molecular weight excluding hydrogens is 384 g/mol. The maximum absolute atomic E-state index is 12.8. The van der Waals surface area contributed by atoms with Crippen LogP contribution in [0.1, 0.15) is 38.2 Å². The molecule has 3 rings (SSSR count). The van der Waals surface area contributed by atoms with Crippen LogP contribution >= 0.6 is 11.3 Å². The Balaban J connectivity index is 1.53. The number of nitriles is 1. The van der Waals surface area contributed by atoms with Crippen molar-refractivity contribution in [2.75, 3.05) is 18.5 Å². The summed E-state index contributed by atoms with van der Waals surface area (Å²) in [5, 5.41) is 16.2. The summed E-state index contributed by atoms with van der Waals surface area (Å²) in [6.07, 6.45) is 3.22. The standard InChI is InChI=1S/C18H20N4O5S/c1-11-4-2-3-6-18(11)16(25)22(17(26)21-18)9-14(24)27-10-13(23)20-15-12(8-19)5-7-28-15/h5,7,11H,2-4,6,9-10H2,1H3,(H,20,23)(H,21,26)/t11-,18-/m1/s1. The van der Waals surface area contributed by atoms with Crippen LogP contribution in [-0.4, -0.2) is 47.4 Å². The number of ether oxygens (including phenoxy) is 1. The average molecular weight is 404 g/mol. The van der Waals surface area contributed by atoms with Crippen LogP contribution in [0.4, 0.5) is 9.80 Å². The van der Waals surface area contributed by atoms with E-state index in [4.69, 9.17) is 10.00 Å². The number of nitrogens with zero attached hydrogens (tertiary/aromatic N) is 2. The molecule has 1 spiro atoms. The number of carbonyl (C=O) groups excluding carboxylic acids is 4. The van der Waals surface area contributed by atoms with Crippen LogP contribution in [0.5, 0.6) is 0 Å². The van der Waals surface area contributed by atoms with Gasteiger partial charge in [-0.2, -0.15) is 5.26 Å². The Morgan fingerprint density at radius 2 is 2.25 bits per heavy atom. The van der Waals surface area contributed by atoms with Crippen molar-refractivity contribution < 1.29 is 23.9 Å². The molecule has 148 valence electrons. The molecule has 1 aliphatic heterocycles. The third kappa shape index (κ3) is 3.71. The Kier molecular flexibility index (Phi) is 5.65. The maximum atomic E-state index is 12.8. The lowest BCUT2D eigenvalue weighted by molar-refractivity contribution is -0.150. The van der Waals surface area contributed by atoms with E-state index in [9.17, 15) is 19.2 Å². The lowest BCUT2D eigenvalue weighted by Crippen LogP contribution is -2.54. The molecule has 1 aromatic rings. The monoisotopic (exact) mass is 404 g/mol. The van der Waals surface area contributed by atoms with E-state index in [0.29, 0.717) is 17.0 Å². The van der Waals surface area contributed by atoms with Crippen LogP contribution in [0.15, 0.2) is 11.4 Å². The molecule has 1 saturated heterocycles. The minimum absolute atomic E-state index is 0.00961. The van der Waals surface area contributed by atoms with Crippen molar-refractivity contribution in [2.45, 2.75) is 38.1 Å². The van der Waals surface area contributed by atoms with E-state index in [1.807, 2.05) is 13.0 Å². The molecule has 1 saturated carbocycles. The Morgan fingerprint density at radius 1 is 1.46 bits per heavy atom. The molecule has 2 aliphatic rings. The summed E-state index contributed by atoms with van der Waals surface area (Å²) in [6.45, 7) is 0.797. The second-order valence-electron chi connectivity index (χ2n) is 6.92. The molecule has 0 bridgehead atoms. The van der Waals surface area contributed by atoms with Gasteiger partial charge in [0, 0.05) is 0 Å². The number of anilines is 1. The minimum Gasteiger partial charge on any atom is -0.454 e. The molecule has 2 atom stereocenters. The summed E-state index contributed by atoms with van der Waals surface area (Å²) in [5.74, 6) is -1.89. The molecule has 1 aliphatic carbocycles. The number of carbonyl (C=O) groups is 4. The second kappa shape index (κ2) is 7.98. The Morgan fingerprint density at radius 3 is 2.96 bits per heavy atom. The zero-order valence-electron chi connectivity index (χ0n) is 15.3. The number of rotatable bonds is 5. The first-order chi connectivity index (χ1) is 13.4. The summed E-state index contributed by atoms with van der Waals surface area (Å²) in [6, 6.07) is 2.88. The van der Waals surface area contributed by atoms with Gasteiger partial charge >= 0.3 is 12.0 Å². The number of hydrogen-bond acceptors (Lipinski definition) is 7. The van der Waals surface area contributed by atoms with Crippen molar-refractivity contribution in [3.8, 4) is 6.07 Å². The maximum Gasteiger partial charge on any atom is 0.326 e. The van der Waals surface area contributed by atoms with Crippen molar-refractivity contribution in [3.05, 3.63) is 17.0 Å². The van der Waals surface area contributed by atoms with Crippen molar-refractivity contribution in [2.24, 2.45) is 5.92 Å². The fraction of sp³-hybridized carbons (Fsp3) is 0.500. The van der Waals surface area contributed by atoms with E-state index in [1.165, 1.54) is 11.3 Å². The van der Waals surface area contributed by atoms with Crippen LogP contribution in [-0.2, 0) is 19.1 Å². The van der Waals surface area contributed by atoms with E-state index in [2.05, 4.69) is 10.6 Å². The zero-order valence-corrected chi connectivity index (χ0v) is 16.1. The van der Waals surface area contributed by atoms with Crippen molar-refractivity contribution >= 4 is 40.2 Å². The lowest BCUT2D eigenvalue weighted by atomic mass is 9.73. The number of imide groups is 1. The van der Waals surface area contributed by atoms with Gasteiger partial charge in [0.25, 0.3) is 11.8 Å². The SMILES string of the molecule is C[C@@H]1CCCC[C@@]12NC(=O)N(CC(=O)OCC(=O)Nc1sccc1C#N)C2=O. The van der Waals surface area contributed by atoms with Gasteiger partial charge in [-0.25, -0.2) is 4.79 Å². The topological polar surface area (TPSA) is 129 Å². The molecule has 10 heteroatoms. The predicted octanol–water partition coefficient (Wildman–Crippen LogP) is 1.60. The summed E-state index contributed by atoms with van der Waals surface area (Å²) >= 11 is 1.18. The molecule has 2 N–H and O–H groups in total. The predicted molar refractivity (Wildman–Crippen MR) is 99.2 cm³/mol. The van der Waals surface area contributed by atoms with E-state index >= 15 is 0 Å². The van der Waals surface area contributed by atoms with Crippen LogP contribution < -0.4 is 10.6 Å². The Hall–Kier alpha value is -2.93. The first-order valence-corrected chi connectivity index (χ1v) is 9.82. The number of esters is 1. The first kappa shape index (κ1) is 19.8. The van der Waals surface area contributed by atoms with Crippen LogP contribution in [0, 0.1) is 17.2 Å². The normalized spacial score (nSPS) is 24.0. The molecule has 4 amide bonds. The Bertz CT molecular complexity index is 860. The van der Waals surface area contributed by atoms with E-state index in [1.54, 1.807) is 11.4 Å². The van der Waals surface area contributed by atoms with Crippen LogP contribution in [0.25, 0.3) is 0 Å². The third-order valence-corrected chi connectivity index (χ3v) is 6.02. The van der Waals surface area contributed by atoms with E-state index < -0.39 is 42.5 Å². The van der Waals surface area contributed by atoms with E-state index in [-0.39, 0.29) is 5.92 Å². The molecule has 0 aromatic carbocycles. The number of hydrogen-bond donors (Lipinski definition) is 2. The summed E-state index contributed by atoms with van der Waals surface area (Å²) < 4.78 is 4.88. The van der Waals surface area contributed by atoms with Gasteiger partial charge in [-0.3, -0.25) is 19.3 Å². The van der Waals surface area contributed by atoms with Crippen molar-refractivity contribution in [1.29, 1.82) is 5.26 Å². The van der Waals surface area contributed by atoms with Gasteiger partial charge in [0.1, 0.15) is 23.2 Å². The highest BCUT2D eigenvalue weighted by Crippen LogP contribution is 2.38. The summed E-state index contributed by atoms with van der Waals surface area (Å²) in [4.78, 5) is 49.8. The molecular formula is C18H20N4O5S.